The summed E-state index contributed by atoms with van der Waals surface area (Å²) in [5.41, 5.74) is 7.62. The van der Waals surface area contributed by atoms with Crippen molar-refractivity contribution in [2.24, 2.45) is 0 Å². The first-order chi connectivity index (χ1) is 17.4. The quantitative estimate of drug-likeness (QED) is 0.452. The van der Waals surface area contributed by atoms with E-state index in [-0.39, 0.29) is 30.4 Å². The third kappa shape index (κ3) is 4.82. The zero-order valence-electron chi connectivity index (χ0n) is 20.4. The Labute approximate surface area is 209 Å². The average Bonchev–Trinajstić information content (AvgIpc) is 3.47. The van der Waals surface area contributed by atoms with Gasteiger partial charge in [-0.25, -0.2) is 14.7 Å². The number of hydrogen-bond donors (Lipinski definition) is 1. The lowest BCUT2D eigenvalue weighted by Crippen LogP contribution is -2.33. The number of imide groups is 1. The molecule has 2 aromatic carbocycles. The third-order valence-corrected chi connectivity index (χ3v) is 6.44. The first-order valence-electron chi connectivity index (χ1n) is 12.2. The molecule has 1 aliphatic carbocycles. The number of nitrogens with two attached hydrogens (primary N) is 1. The summed E-state index contributed by atoms with van der Waals surface area (Å²) in [6.45, 7) is 3.98. The van der Waals surface area contributed by atoms with Crippen LogP contribution in [0, 0.1) is 0 Å². The molecule has 2 heterocycles. The number of rotatable bonds is 7. The van der Waals surface area contributed by atoms with E-state index in [0.717, 1.165) is 18.4 Å². The molecule has 2 fully saturated rings. The summed E-state index contributed by atoms with van der Waals surface area (Å²) in [7, 11) is 0. The second kappa shape index (κ2) is 9.85. The number of ether oxygens (including phenoxy) is 2. The van der Waals surface area contributed by atoms with E-state index >= 15 is 0 Å². The van der Waals surface area contributed by atoms with Gasteiger partial charge in [-0.2, -0.15) is 4.98 Å². The standard InChI is InChI=1S/C27H29N5O4/c1-17(2)22-15-19(10-11-23(22)36-24-12-13-29-26(28)30-24)32-25(33)16-31(27(32)34)18-6-5-9-21(14-18)35-20-7-3-4-8-20/h5-6,9-15,17,20H,3-4,7-8,16H2,1-2H3,(H2,28,29,30). The van der Waals surface area contributed by atoms with Gasteiger partial charge in [0.15, 0.2) is 0 Å². The predicted molar refractivity (Wildman–Crippen MR) is 137 cm³/mol. The first-order valence-corrected chi connectivity index (χ1v) is 12.2. The minimum atomic E-state index is -0.398. The number of hydrogen-bond acceptors (Lipinski definition) is 7. The van der Waals surface area contributed by atoms with Crippen LogP contribution in [-0.4, -0.2) is 34.6 Å². The van der Waals surface area contributed by atoms with E-state index in [1.807, 2.05) is 44.2 Å². The van der Waals surface area contributed by atoms with Gasteiger partial charge in [0.25, 0.3) is 5.91 Å². The Morgan fingerprint density at radius 3 is 2.58 bits per heavy atom. The van der Waals surface area contributed by atoms with Crippen molar-refractivity contribution in [1.82, 2.24) is 9.97 Å². The zero-order valence-corrected chi connectivity index (χ0v) is 20.4. The van der Waals surface area contributed by atoms with Crippen LogP contribution in [0.1, 0.15) is 51.0 Å². The van der Waals surface area contributed by atoms with Crippen LogP contribution in [0.4, 0.5) is 22.1 Å². The van der Waals surface area contributed by atoms with Crippen molar-refractivity contribution < 1.29 is 19.1 Å². The highest BCUT2D eigenvalue weighted by Crippen LogP contribution is 2.36. The van der Waals surface area contributed by atoms with Gasteiger partial charge in [0.1, 0.15) is 18.0 Å². The number of benzene rings is 2. The van der Waals surface area contributed by atoms with Crippen molar-refractivity contribution in [3.05, 3.63) is 60.3 Å². The molecule has 3 amide bonds. The Balaban J connectivity index is 1.38. The predicted octanol–water partition coefficient (Wildman–Crippen LogP) is 5.27. The number of amides is 3. The van der Waals surface area contributed by atoms with Gasteiger partial charge in [0, 0.05) is 24.0 Å². The van der Waals surface area contributed by atoms with Gasteiger partial charge in [-0.05, 0) is 67.5 Å². The van der Waals surface area contributed by atoms with Gasteiger partial charge in [-0.1, -0.05) is 19.9 Å². The molecule has 0 radical (unpaired) electrons. The Kier molecular flexibility index (Phi) is 6.45. The van der Waals surface area contributed by atoms with Crippen molar-refractivity contribution in [2.45, 2.75) is 51.6 Å². The van der Waals surface area contributed by atoms with Crippen LogP contribution in [0.2, 0.25) is 0 Å². The normalized spacial score (nSPS) is 16.3. The highest BCUT2D eigenvalue weighted by atomic mass is 16.5. The minimum Gasteiger partial charge on any atom is -0.490 e. The molecular weight excluding hydrogens is 458 g/mol. The molecule has 5 rings (SSSR count). The van der Waals surface area contributed by atoms with E-state index in [1.54, 1.807) is 18.2 Å². The molecule has 0 atom stereocenters. The molecule has 3 aromatic rings. The molecule has 2 N–H and O–H groups in total. The summed E-state index contributed by atoms with van der Waals surface area (Å²) >= 11 is 0. The minimum absolute atomic E-state index is 0.0405. The van der Waals surface area contributed by atoms with Gasteiger partial charge >= 0.3 is 6.03 Å². The average molecular weight is 488 g/mol. The van der Waals surface area contributed by atoms with Crippen LogP contribution in [0.3, 0.4) is 0 Å². The van der Waals surface area contributed by atoms with E-state index in [9.17, 15) is 9.59 Å². The maximum absolute atomic E-state index is 13.4. The molecule has 1 saturated carbocycles. The van der Waals surface area contributed by atoms with Gasteiger partial charge in [0.2, 0.25) is 11.8 Å². The van der Waals surface area contributed by atoms with Crippen molar-refractivity contribution in [3.63, 3.8) is 0 Å². The number of carbonyl (C=O) groups excluding carboxylic acids is 2. The summed E-state index contributed by atoms with van der Waals surface area (Å²) in [6.07, 6.45) is 6.16. The number of anilines is 3. The fourth-order valence-electron chi connectivity index (χ4n) is 4.63. The molecule has 0 spiro atoms. The largest absolute Gasteiger partial charge is 0.490 e. The molecule has 2 aliphatic rings. The van der Waals surface area contributed by atoms with Crippen molar-refractivity contribution in [2.75, 3.05) is 22.1 Å². The lowest BCUT2D eigenvalue weighted by Gasteiger charge is -2.21. The molecule has 9 nitrogen and oxygen atoms in total. The number of nitrogen functional groups attached to an aromatic ring is 1. The summed E-state index contributed by atoms with van der Waals surface area (Å²) in [4.78, 5) is 37.0. The van der Waals surface area contributed by atoms with E-state index in [4.69, 9.17) is 15.2 Å². The molecule has 1 aromatic heterocycles. The van der Waals surface area contributed by atoms with Crippen LogP contribution in [-0.2, 0) is 4.79 Å². The Morgan fingerprint density at radius 2 is 1.83 bits per heavy atom. The maximum Gasteiger partial charge on any atom is 0.336 e. The SMILES string of the molecule is CC(C)c1cc(N2C(=O)CN(c3cccc(OC4CCCC4)c3)C2=O)ccc1Oc1ccnc(N)n1. The van der Waals surface area contributed by atoms with E-state index in [1.165, 1.54) is 28.8 Å². The summed E-state index contributed by atoms with van der Waals surface area (Å²) < 4.78 is 12.0. The van der Waals surface area contributed by atoms with Gasteiger partial charge in [0.05, 0.1) is 11.8 Å². The molecule has 0 unspecified atom stereocenters. The second-order valence-corrected chi connectivity index (χ2v) is 9.35. The molecule has 0 bridgehead atoms. The van der Waals surface area contributed by atoms with Crippen LogP contribution in [0.5, 0.6) is 17.4 Å². The van der Waals surface area contributed by atoms with Crippen molar-refractivity contribution in [1.29, 1.82) is 0 Å². The summed E-state index contributed by atoms with van der Waals surface area (Å²) in [5.74, 6) is 1.48. The topological polar surface area (TPSA) is 111 Å². The van der Waals surface area contributed by atoms with Gasteiger partial charge in [-0.3, -0.25) is 9.69 Å². The van der Waals surface area contributed by atoms with E-state index in [0.29, 0.717) is 28.8 Å². The Hall–Kier alpha value is -4.14. The third-order valence-electron chi connectivity index (χ3n) is 6.44. The number of aromatic nitrogens is 2. The maximum atomic E-state index is 13.4. The first kappa shape index (κ1) is 23.6. The van der Waals surface area contributed by atoms with Gasteiger partial charge in [-0.15, -0.1) is 0 Å². The van der Waals surface area contributed by atoms with Crippen molar-refractivity contribution >= 4 is 29.3 Å². The zero-order chi connectivity index (χ0) is 25.2. The van der Waals surface area contributed by atoms with Crippen LogP contribution in [0.15, 0.2) is 54.7 Å². The highest BCUT2D eigenvalue weighted by molar-refractivity contribution is 6.27. The molecule has 186 valence electrons. The number of carbonyl (C=O) groups is 2. The number of nitrogens with zero attached hydrogens (tertiary/aromatic N) is 4. The van der Waals surface area contributed by atoms with Gasteiger partial charge < -0.3 is 15.2 Å². The van der Waals surface area contributed by atoms with E-state index < -0.39 is 6.03 Å². The van der Waals surface area contributed by atoms with Crippen molar-refractivity contribution in [3.8, 4) is 17.4 Å². The summed E-state index contributed by atoms with van der Waals surface area (Å²) in [6, 6.07) is 13.9. The fraction of sp³-hybridized carbons (Fsp3) is 0.333. The molecule has 36 heavy (non-hydrogen) atoms. The number of urea groups is 1. The monoisotopic (exact) mass is 487 g/mol. The van der Waals surface area contributed by atoms with Crippen LogP contribution < -0.4 is 25.0 Å². The van der Waals surface area contributed by atoms with E-state index in [2.05, 4.69) is 9.97 Å². The highest BCUT2D eigenvalue weighted by Gasteiger charge is 2.38. The molecule has 9 heteroatoms. The fourth-order valence-corrected chi connectivity index (χ4v) is 4.63. The Bertz CT molecular complexity index is 1290. The molecule has 1 saturated heterocycles. The Morgan fingerprint density at radius 1 is 1.03 bits per heavy atom. The lowest BCUT2D eigenvalue weighted by molar-refractivity contribution is -0.115. The second-order valence-electron chi connectivity index (χ2n) is 9.35. The van der Waals surface area contributed by atoms with Crippen LogP contribution in [0.25, 0.3) is 0 Å². The smallest absolute Gasteiger partial charge is 0.336 e. The molecular formula is C27H29N5O4. The molecule has 1 aliphatic heterocycles. The summed E-state index contributed by atoms with van der Waals surface area (Å²) in [5, 5.41) is 0. The lowest BCUT2D eigenvalue weighted by atomic mass is 10.0. The van der Waals surface area contributed by atoms with Crippen LogP contribution >= 0.6 is 0 Å².